The molecule has 0 unspecified atom stereocenters. The molecule has 0 aromatic rings. The molecule has 0 saturated carbocycles. The van der Waals surface area contributed by atoms with Crippen molar-refractivity contribution < 1.29 is 14.3 Å². The van der Waals surface area contributed by atoms with Gasteiger partial charge in [-0.05, 0) is 25.7 Å². The van der Waals surface area contributed by atoms with Crippen LogP contribution in [0.1, 0.15) is 25.7 Å². The van der Waals surface area contributed by atoms with Crippen molar-refractivity contribution in [3.63, 3.8) is 0 Å². The standard InChI is InChI=1S/C18H22O3/c1-5-9-13-15(11-7-3)17(19)21-18(20)16(12-8-4)14-10-6-2/h5-8,13-14H,1-4,9-12H2. The molecule has 0 radical (unpaired) electrons. The fraction of sp³-hybridized carbons (Fsp3) is 0.222. The molecule has 0 atom stereocenters. The third kappa shape index (κ3) is 7.67. The molecule has 0 bridgehead atoms. The number of hydrogen-bond acceptors (Lipinski definition) is 3. The van der Waals surface area contributed by atoms with Crippen molar-refractivity contribution in [1.82, 2.24) is 0 Å². The lowest BCUT2D eigenvalue weighted by Gasteiger charge is -2.07. The molecule has 0 aliphatic carbocycles. The normalized spacial score (nSPS) is 11.4. The van der Waals surface area contributed by atoms with Gasteiger partial charge in [0.05, 0.1) is 0 Å². The molecule has 3 heteroatoms. The average molecular weight is 286 g/mol. The van der Waals surface area contributed by atoms with Gasteiger partial charge in [0, 0.05) is 11.1 Å². The fourth-order valence-electron chi connectivity index (χ4n) is 1.48. The van der Waals surface area contributed by atoms with Gasteiger partial charge in [0.1, 0.15) is 0 Å². The Hall–Kier alpha value is -2.42. The molecule has 0 aliphatic rings. The number of ether oxygens (including phenoxy) is 1. The van der Waals surface area contributed by atoms with Gasteiger partial charge < -0.3 is 4.74 Å². The molecule has 0 aromatic heterocycles. The van der Waals surface area contributed by atoms with E-state index in [2.05, 4.69) is 26.3 Å². The summed E-state index contributed by atoms with van der Waals surface area (Å²) in [6.45, 7) is 14.3. The van der Waals surface area contributed by atoms with Crippen LogP contribution in [0, 0.1) is 0 Å². The number of hydrogen-bond donors (Lipinski definition) is 0. The van der Waals surface area contributed by atoms with Gasteiger partial charge in [-0.25, -0.2) is 9.59 Å². The third-order valence-electron chi connectivity index (χ3n) is 2.50. The van der Waals surface area contributed by atoms with Crippen molar-refractivity contribution in [2.24, 2.45) is 0 Å². The van der Waals surface area contributed by atoms with Crippen molar-refractivity contribution >= 4 is 11.9 Å². The summed E-state index contributed by atoms with van der Waals surface area (Å²) in [5, 5.41) is 0. The van der Waals surface area contributed by atoms with Gasteiger partial charge in [-0.1, -0.05) is 36.5 Å². The summed E-state index contributed by atoms with van der Waals surface area (Å²) in [5.74, 6) is -1.31. The first kappa shape index (κ1) is 18.6. The molecule has 0 aromatic carbocycles. The maximum Gasteiger partial charge on any atom is 0.341 e. The van der Waals surface area contributed by atoms with Crippen LogP contribution in [0.5, 0.6) is 0 Å². The quantitative estimate of drug-likeness (QED) is 0.261. The average Bonchev–Trinajstić information content (AvgIpc) is 2.47. The molecule has 0 aliphatic heterocycles. The van der Waals surface area contributed by atoms with Gasteiger partial charge >= 0.3 is 11.9 Å². The smallest absolute Gasteiger partial charge is 0.341 e. The van der Waals surface area contributed by atoms with E-state index in [4.69, 9.17) is 4.74 Å². The zero-order valence-electron chi connectivity index (χ0n) is 12.3. The van der Waals surface area contributed by atoms with Crippen LogP contribution in [0.2, 0.25) is 0 Å². The zero-order chi connectivity index (χ0) is 16.1. The number of allylic oxidation sites excluding steroid dienone is 6. The topological polar surface area (TPSA) is 43.4 Å². The Morgan fingerprint density at radius 1 is 0.714 bits per heavy atom. The molecule has 21 heavy (non-hydrogen) atoms. The number of esters is 2. The maximum absolute atomic E-state index is 12.0. The lowest BCUT2D eigenvalue weighted by Crippen LogP contribution is -2.16. The van der Waals surface area contributed by atoms with Gasteiger partial charge in [0.15, 0.2) is 0 Å². The molecule has 0 fully saturated rings. The summed E-state index contributed by atoms with van der Waals surface area (Å²) in [7, 11) is 0. The van der Waals surface area contributed by atoms with Crippen LogP contribution >= 0.6 is 0 Å². The first-order chi connectivity index (χ1) is 10.1. The van der Waals surface area contributed by atoms with E-state index in [0.29, 0.717) is 36.8 Å². The minimum absolute atomic E-state index is 0.340. The minimum Gasteiger partial charge on any atom is -0.386 e. The highest BCUT2D eigenvalue weighted by atomic mass is 16.6. The van der Waals surface area contributed by atoms with Gasteiger partial charge in [-0.15, -0.1) is 26.3 Å². The largest absolute Gasteiger partial charge is 0.386 e. The predicted octanol–water partition coefficient (Wildman–Crippen LogP) is 4.21. The summed E-state index contributed by atoms with van der Waals surface area (Å²) in [6.07, 6.45) is 11.6. The lowest BCUT2D eigenvalue weighted by atomic mass is 10.1. The molecule has 0 spiro atoms. The van der Waals surface area contributed by atoms with E-state index in [-0.39, 0.29) is 0 Å². The van der Waals surface area contributed by atoms with Crippen LogP contribution in [-0.4, -0.2) is 11.9 Å². The van der Waals surface area contributed by atoms with E-state index < -0.39 is 11.9 Å². The summed E-state index contributed by atoms with van der Waals surface area (Å²) in [6, 6.07) is 0. The van der Waals surface area contributed by atoms with Gasteiger partial charge in [0.25, 0.3) is 0 Å². The molecule has 0 heterocycles. The minimum atomic E-state index is -0.657. The first-order valence-corrected chi connectivity index (χ1v) is 6.68. The van der Waals surface area contributed by atoms with E-state index in [1.807, 2.05) is 0 Å². The Kier molecular flexibility index (Phi) is 10.1. The van der Waals surface area contributed by atoms with Gasteiger partial charge in [0.2, 0.25) is 0 Å². The molecule has 3 nitrogen and oxygen atoms in total. The molecular formula is C18H22O3. The van der Waals surface area contributed by atoms with Gasteiger partial charge in [-0.2, -0.15) is 0 Å². The SMILES string of the molecule is C=CCC=C(CC=C)C(=O)OC(=O)C(=CCC=C)CC=C. The molecule has 0 saturated heterocycles. The van der Waals surface area contributed by atoms with Crippen LogP contribution < -0.4 is 0 Å². The van der Waals surface area contributed by atoms with Crippen molar-refractivity contribution in [1.29, 1.82) is 0 Å². The molecular weight excluding hydrogens is 264 g/mol. The Bertz CT molecular complexity index is 435. The highest BCUT2D eigenvalue weighted by molar-refractivity contribution is 6.02. The number of carbonyl (C=O) groups is 2. The van der Waals surface area contributed by atoms with Crippen LogP contribution in [0.4, 0.5) is 0 Å². The van der Waals surface area contributed by atoms with E-state index in [9.17, 15) is 9.59 Å². The van der Waals surface area contributed by atoms with E-state index in [1.165, 1.54) is 0 Å². The monoisotopic (exact) mass is 286 g/mol. The Morgan fingerprint density at radius 3 is 1.38 bits per heavy atom. The van der Waals surface area contributed by atoms with E-state index >= 15 is 0 Å². The van der Waals surface area contributed by atoms with Crippen LogP contribution in [-0.2, 0) is 14.3 Å². The van der Waals surface area contributed by atoms with Crippen LogP contribution in [0.15, 0.2) is 73.9 Å². The van der Waals surface area contributed by atoms with Crippen molar-refractivity contribution in [3.8, 4) is 0 Å². The Balaban J connectivity index is 4.95. The zero-order valence-corrected chi connectivity index (χ0v) is 12.3. The molecule has 0 N–H and O–H groups in total. The highest BCUT2D eigenvalue weighted by Gasteiger charge is 2.17. The Labute approximate surface area is 126 Å². The Morgan fingerprint density at radius 2 is 1.10 bits per heavy atom. The van der Waals surface area contributed by atoms with Crippen LogP contribution in [0.25, 0.3) is 0 Å². The van der Waals surface area contributed by atoms with Gasteiger partial charge in [-0.3, -0.25) is 0 Å². The predicted molar refractivity (Wildman–Crippen MR) is 86.5 cm³/mol. The van der Waals surface area contributed by atoms with Crippen molar-refractivity contribution in [3.05, 3.63) is 73.9 Å². The molecule has 0 amide bonds. The fourth-order valence-corrected chi connectivity index (χ4v) is 1.48. The third-order valence-corrected chi connectivity index (χ3v) is 2.50. The number of rotatable bonds is 10. The number of carbonyl (C=O) groups excluding carboxylic acids is 2. The van der Waals surface area contributed by atoms with E-state index in [1.54, 1.807) is 36.5 Å². The second-order valence-electron chi connectivity index (χ2n) is 4.17. The van der Waals surface area contributed by atoms with Crippen LogP contribution in [0.3, 0.4) is 0 Å². The summed E-state index contributed by atoms with van der Waals surface area (Å²) < 4.78 is 4.90. The second-order valence-corrected chi connectivity index (χ2v) is 4.17. The molecule has 112 valence electrons. The highest BCUT2D eigenvalue weighted by Crippen LogP contribution is 2.12. The summed E-state index contributed by atoms with van der Waals surface area (Å²) in [5.41, 5.74) is 0.778. The van der Waals surface area contributed by atoms with E-state index in [0.717, 1.165) is 0 Å². The lowest BCUT2D eigenvalue weighted by molar-refractivity contribution is -0.154. The van der Waals surface area contributed by atoms with Crippen molar-refractivity contribution in [2.45, 2.75) is 25.7 Å². The summed E-state index contributed by atoms with van der Waals surface area (Å²) >= 11 is 0. The first-order valence-electron chi connectivity index (χ1n) is 6.68. The van der Waals surface area contributed by atoms with Crippen molar-refractivity contribution in [2.75, 3.05) is 0 Å². The molecule has 0 rings (SSSR count). The second kappa shape index (κ2) is 11.4. The maximum atomic E-state index is 12.0. The summed E-state index contributed by atoms with van der Waals surface area (Å²) in [4.78, 5) is 23.9.